The summed E-state index contributed by atoms with van der Waals surface area (Å²) in [6.07, 6.45) is 6.37. The molecule has 1 aliphatic rings. The summed E-state index contributed by atoms with van der Waals surface area (Å²) in [6.45, 7) is 2.23. The molecule has 6 heteroatoms. The molecule has 0 saturated carbocycles. The molecule has 5 atom stereocenters. The maximum atomic E-state index is 9.84. The summed E-state index contributed by atoms with van der Waals surface area (Å²) >= 11 is 0. The van der Waals surface area contributed by atoms with Crippen molar-refractivity contribution in [3.8, 4) is 0 Å². The van der Waals surface area contributed by atoms with E-state index in [1.54, 1.807) is 0 Å². The van der Waals surface area contributed by atoms with E-state index < -0.39 is 37.3 Å². The molecule has 144 valence electrons. The summed E-state index contributed by atoms with van der Waals surface area (Å²) in [4.78, 5) is 0. The van der Waals surface area contributed by atoms with Crippen LogP contribution in [-0.2, 0) is 9.47 Å². The fourth-order valence-corrected chi connectivity index (χ4v) is 2.99. The maximum absolute atomic E-state index is 9.84. The summed E-state index contributed by atoms with van der Waals surface area (Å²) in [7, 11) is 0. The van der Waals surface area contributed by atoms with Gasteiger partial charge in [-0.05, 0) is 6.42 Å². The molecule has 1 saturated heterocycles. The molecule has 0 radical (unpaired) electrons. The predicted octanol–water partition coefficient (Wildman–Crippen LogP) is 1.72. The second kappa shape index (κ2) is 13.0. The Balaban J connectivity index is 2.02. The Labute approximate surface area is 145 Å². The van der Waals surface area contributed by atoms with E-state index in [9.17, 15) is 15.3 Å². The molecule has 6 nitrogen and oxygen atoms in total. The Morgan fingerprint density at radius 2 is 1.29 bits per heavy atom. The first-order valence-electron chi connectivity index (χ1n) is 9.54. The van der Waals surface area contributed by atoms with E-state index in [1.165, 1.54) is 51.4 Å². The number of aliphatic hydroxyl groups excluding tert-OH is 4. The summed E-state index contributed by atoms with van der Waals surface area (Å²) in [5.41, 5.74) is 0. The zero-order chi connectivity index (χ0) is 17.8. The van der Waals surface area contributed by atoms with Crippen LogP contribution in [-0.4, -0.2) is 64.3 Å². The molecule has 0 aromatic carbocycles. The molecule has 24 heavy (non-hydrogen) atoms. The lowest BCUT2D eigenvalue weighted by Crippen LogP contribution is -2.59. The van der Waals surface area contributed by atoms with Crippen molar-refractivity contribution in [3.05, 3.63) is 0 Å². The third-order valence-corrected chi connectivity index (χ3v) is 4.63. The van der Waals surface area contributed by atoms with Gasteiger partial charge in [0.05, 0.1) is 6.61 Å². The minimum atomic E-state index is -1.37. The van der Waals surface area contributed by atoms with Gasteiger partial charge in [0, 0.05) is 6.61 Å². The predicted molar refractivity (Wildman–Crippen MR) is 91.6 cm³/mol. The van der Waals surface area contributed by atoms with Gasteiger partial charge < -0.3 is 29.9 Å². The first-order chi connectivity index (χ1) is 11.6. The van der Waals surface area contributed by atoms with Gasteiger partial charge in [-0.25, -0.2) is 0 Å². The van der Waals surface area contributed by atoms with Gasteiger partial charge in [0.25, 0.3) is 0 Å². The van der Waals surface area contributed by atoms with Gasteiger partial charge in [0.2, 0.25) is 0 Å². The van der Waals surface area contributed by atoms with Crippen LogP contribution < -0.4 is 0 Å². The number of rotatable bonds is 13. The lowest BCUT2D eigenvalue weighted by atomic mass is 9.99. The fourth-order valence-electron chi connectivity index (χ4n) is 2.99. The first-order valence-corrected chi connectivity index (χ1v) is 9.54. The fraction of sp³-hybridized carbons (Fsp3) is 1.00. The largest absolute Gasteiger partial charge is 0.394 e. The quantitative estimate of drug-likeness (QED) is 0.378. The third kappa shape index (κ3) is 7.76. The van der Waals surface area contributed by atoms with Gasteiger partial charge in [-0.15, -0.1) is 0 Å². The van der Waals surface area contributed by atoms with E-state index in [2.05, 4.69) is 6.92 Å². The van der Waals surface area contributed by atoms with E-state index in [0.717, 1.165) is 12.8 Å². The van der Waals surface area contributed by atoms with Crippen LogP contribution in [0.15, 0.2) is 0 Å². The highest BCUT2D eigenvalue weighted by atomic mass is 16.7. The number of aliphatic hydroxyl groups is 4. The normalized spacial score (nSPS) is 30.6. The summed E-state index contributed by atoms with van der Waals surface area (Å²) < 4.78 is 10.8. The first kappa shape index (κ1) is 21.8. The molecule has 1 rings (SSSR count). The topological polar surface area (TPSA) is 99.4 Å². The Bertz CT molecular complexity index is 299. The van der Waals surface area contributed by atoms with Crippen LogP contribution in [0, 0.1) is 0 Å². The lowest BCUT2D eigenvalue weighted by molar-refractivity contribution is -0.301. The van der Waals surface area contributed by atoms with E-state index in [1.807, 2.05) is 0 Å². The second-order valence-electron chi connectivity index (χ2n) is 6.75. The van der Waals surface area contributed by atoms with Gasteiger partial charge in [0.15, 0.2) is 6.29 Å². The van der Waals surface area contributed by atoms with Crippen molar-refractivity contribution < 1.29 is 29.9 Å². The second-order valence-corrected chi connectivity index (χ2v) is 6.75. The van der Waals surface area contributed by atoms with E-state index in [4.69, 9.17) is 14.6 Å². The molecule has 0 amide bonds. The summed E-state index contributed by atoms with van der Waals surface area (Å²) in [6, 6.07) is 0. The number of unbranched alkanes of at least 4 members (excludes halogenated alkanes) is 9. The van der Waals surface area contributed by atoms with Crippen LogP contribution in [0.2, 0.25) is 0 Å². The average molecular weight is 348 g/mol. The number of ether oxygens (including phenoxy) is 2. The van der Waals surface area contributed by atoms with Gasteiger partial charge >= 0.3 is 0 Å². The van der Waals surface area contributed by atoms with E-state index in [-0.39, 0.29) is 0 Å². The van der Waals surface area contributed by atoms with Crippen LogP contribution in [0.25, 0.3) is 0 Å². The highest BCUT2D eigenvalue weighted by molar-refractivity contribution is 4.88. The minimum Gasteiger partial charge on any atom is -0.394 e. The highest BCUT2D eigenvalue weighted by Gasteiger charge is 2.43. The number of hydrogen-bond acceptors (Lipinski definition) is 6. The summed E-state index contributed by atoms with van der Waals surface area (Å²) in [5, 5.41) is 38.3. The Morgan fingerprint density at radius 1 is 0.750 bits per heavy atom. The van der Waals surface area contributed by atoms with Gasteiger partial charge in [-0.1, -0.05) is 64.7 Å². The Hall–Kier alpha value is -0.240. The number of hydrogen-bond donors (Lipinski definition) is 4. The zero-order valence-electron chi connectivity index (χ0n) is 15.0. The molecule has 0 aromatic rings. The molecule has 0 aromatic heterocycles. The Morgan fingerprint density at radius 3 is 1.83 bits per heavy atom. The molecule has 1 fully saturated rings. The van der Waals surface area contributed by atoms with Crippen molar-refractivity contribution in [2.75, 3.05) is 13.2 Å². The van der Waals surface area contributed by atoms with Crippen LogP contribution >= 0.6 is 0 Å². The molecular formula is C18H36O6. The molecule has 4 N–H and O–H groups in total. The van der Waals surface area contributed by atoms with Crippen molar-refractivity contribution in [2.45, 2.75) is 102 Å². The van der Waals surface area contributed by atoms with Crippen LogP contribution in [0.1, 0.15) is 71.1 Å². The molecule has 0 aliphatic carbocycles. The minimum absolute atomic E-state index is 0.428. The zero-order valence-corrected chi connectivity index (χ0v) is 15.0. The molecule has 1 aliphatic heterocycles. The van der Waals surface area contributed by atoms with Crippen LogP contribution in [0.4, 0.5) is 0 Å². The maximum Gasteiger partial charge on any atom is 0.186 e. The highest BCUT2D eigenvalue weighted by Crippen LogP contribution is 2.22. The SMILES string of the molecule is CCCCCCCCCCCCO[C@H]1O[C@@H](CO)[C@@H](O)[C@@H](O)[C@@H]1O. The van der Waals surface area contributed by atoms with Gasteiger partial charge in [-0.2, -0.15) is 0 Å². The van der Waals surface area contributed by atoms with Crippen molar-refractivity contribution in [2.24, 2.45) is 0 Å². The van der Waals surface area contributed by atoms with Crippen molar-refractivity contribution in [1.82, 2.24) is 0 Å². The summed E-state index contributed by atoms with van der Waals surface area (Å²) in [5.74, 6) is 0. The Kier molecular flexibility index (Phi) is 11.8. The van der Waals surface area contributed by atoms with E-state index in [0.29, 0.717) is 6.61 Å². The molecule has 0 bridgehead atoms. The van der Waals surface area contributed by atoms with Crippen molar-refractivity contribution in [3.63, 3.8) is 0 Å². The average Bonchev–Trinajstić information content (AvgIpc) is 2.59. The van der Waals surface area contributed by atoms with Crippen molar-refractivity contribution >= 4 is 0 Å². The van der Waals surface area contributed by atoms with Gasteiger partial charge in [-0.3, -0.25) is 0 Å². The van der Waals surface area contributed by atoms with Crippen LogP contribution in [0.3, 0.4) is 0 Å². The van der Waals surface area contributed by atoms with Crippen LogP contribution in [0.5, 0.6) is 0 Å². The third-order valence-electron chi connectivity index (χ3n) is 4.63. The standard InChI is InChI=1S/C18H36O6/c1-2-3-4-5-6-7-8-9-10-11-12-23-18-17(22)16(21)15(20)14(13-19)24-18/h14-22H,2-13H2,1H3/t14-,15+,16+,17-,18-/m0/s1. The monoisotopic (exact) mass is 348 g/mol. The molecular weight excluding hydrogens is 312 g/mol. The molecule has 0 spiro atoms. The molecule has 0 unspecified atom stereocenters. The molecule has 1 heterocycles. The van der Waals surface area contributed by atoms with Gasteiger partial charge in [0.1, 0.15) is 24.4 Å². The smallest absolute Gasteiger partial charge is 0.186 e. The lowest BCUT2D eigenvalue weighted by Gasteiger charge is -2.39. The van der Waals surface area contributed by atoms with E-state index >= 15 is 0 Å². The van der Waals surface area contributed by atoms with Crippen molar-refractivity contribution in [1.29, 1.82) is 0 Å².